The lowest BCUT2D eigenvalue weighted by Gasteiger charge is -2.13. The van der Waals surface area contributed by atoms with E-state index < -0.39 is 0 Å². The molecule has 1 amide bonds. The summed E-state index contributed by atoms with van der Waals surface area (Å²) in [5.41, 5.74) is 2.47. The maximum absolute atomic E-state index is 12.3. The van der Waals surface area contributed by atoms with Crippen molar-refractivity contribution in [2.24, 2.45) is 0 Å². The summed E-state index contributed by atoms with van der Waals surface area (Å²) < 4.78 is 0. The van der Waals surface area contributed by atoms with Crippen molar-refractivity contribution >= 4 is 28.4 Å². The summed E-state index contributed by atoms with van der Waals surface area (Å²) in [5, 5.41) is 4.60. The van der Waals surface area contributed by atoms with Gasteiger partial charge in [0.1, 0.15) is 5.69 Å². The molecule has 2 N–H and O–H groups in total. The number of aromatic amines is 1. The number of carbonyl (C=O) groups excluding carboxylic acids is 1. The SMILES string of the molecule is C[C@@H](NC(=O)c1cc2ccc(Cl)cc2[nH]1)c1ccccc1. The fourth-order valence-electron chi connectivity index (χ4n) is 2.32. The van der Waals surface area contributed by atoms with Crippen LogP contribution >= 0.6 is 11.6 Å². The lowest BCUT2D eigenvalue weighted by molar-refractivity contribution is 0.0935. The number of benzene rings is 2. The molecular weight excluding hydrogens is 284 g/mol. The number of nitrogens with one attached hydrogen (secondary N) is 2. The van der Waals surface area contributed by atoms with Crippen LogP contribution in [0.4, 0.5) is 0 Å². The summed E-state index contributed by atoms with van der Waals surface area (Å²) in [6.45, 7) is 1.97. The zero-order valence-corrected chi connectivity index (χ0v) is 12.3. The van der Waals surface area contributed by atoms with E-state index in [9.17, 15) is 4.79 Å². The molecule has 2 aromatic carbocycles. The highest BCUT2D eigenvalue weighted by Gasteiger charge is 2.13. The number of hydrogen-bond donors (Lipinski definition) is 2. The molecule has 1 aromatic heterocycles. The van der Waals surface area contributed by atoms with Crippen molar-refractivity contribution in [2.75, 3.05) is 0 Å². The first-order valence-corrected chi connectivity index (χ1v) is 7.15. The summed E-state index contributed by atoms with van der Waals surface area (Å²) in [7, 11) is 0. The van der Waals surface area contributed by atoms with Crippen LogP contribution in [0.1, 0.15) is 29.0 Å². The van der Waals surface area contributed by atoms with Gasteiger partial charge in [-0.15, -0.1) is 0 Å². The second kappa shape index (κ2) is 5.62. The minimum atomic E-state index is -0.126. The molecule has 0 unspecified atom stereocenters. The first-order chi connectivity index (χ1) is 10.1. The summed E-state index contributed by atoms with van der Waals surface area (Å²) in [6.07, 6.45) is 0. The van der Waals surface area contributed by atoms with E-state index >= 15 is 0 Å². The van der Waals surface area contributed by atoms with Crippen molar-refractivity contribution in [3.05, 3.63) is 70.9 Å². The third kappa shape index (κ3) is 2.93. The van der Waals surface area contributed by atoms with Crippen LogP contribution in [0.15, 0.2) is 54.6 Å². The minimum Gasteiger partial charge on any atom is -0.350 e. The quantitative estimate of drug-likeness (QED) is 0.743. The summed E-state index contributed by atoms with van der Waals surface area (Å²) in [5.74, 6) is -0.126. The first kappa shape index (κ1) is 13.7. The Balaban J connectivity index is 1.80. The molecule has 0 aliphatic carbocycles. The fraction of sp³-hybridized carbons (Fsp3) is 0.118. The van der Waals surface area contributed by atoms with Gasteiger partial charge in [0.25, 0.3) is 5.91 Å². The lowest BCUT2D eigenvalue weighted by Crippen LogP contribution is -2.26. The standard InChI is InChI=1S/C17H15ClN2O/c1-11(12-5-3-2-4-6-12)19-17(21)16-9-13-7-8-14(18)10-15(13)20-16/h2-11,20H,1H3,(H,19,21)/t11-/m1/s1. The van der Waals surface area contributed by atoms with Crippen molar-refractivity contribution in [1.29, 1.82) is 0 Å². The summed E-state index contributed by atoms with van der Waals surface area (Å²) in [6, 6.07) is 17.2. The molecule has 3 aromatic rings. The van der Waals surface area contributed by atoms with Crippen LogP contribution in [0.25, 0.3) is 10.9 Å². The van der Waals surface area contributed by atoms with Crippen LogP contribution in [0.2, 0.25) is 5.02 Å². The molecule has 0 saturated carbocycles. The van der Waals surface area contributed by atoms with Crippen molar-refractivity contribution < 1.29 is 4.79 Å². The van der Waals surface area contributed by atoms with Crippen LogP contribution in [-0.2, 0) is 0 Å². The van der Waals surface area contributed by atoms with Crippen molar-refractivity contribution in [3.63, 3.8) is 0 Å². The van der Waals surface area contributed by atoms with E-state index in [4.69, 9.17) is 11.6 Å². The number of fused-ring (bicyclic) bond motifs is 1. The van der Waals surface area contributed by atoms with Gasteiger partial charge in [-0.2, -0.15) is 0 Å². The molecule has 3 nitrogen and oxygen atoms in total. The molecule has 3 rings (SSSR count). The molecule has 1 heterocycles. The van der Waals surface area contributed by atoms with E-state index in [-0.39, 0.29) is 11.9 Å². The van der Waals surface area contributed by atoms with Gasteiger partial charge in [0.05, 0.1) is 6.04 Å². The maximum atomic E-state index is 12.3. The van der Waals surface area contributed by atoms with Crippen molar-refractivity contribution in [3.8, 4) is 0 Å². The van der Waals surface area contributed by atoms with Crippen LogP contribution < -0.4 is 5.32 Å². The Bertz CT molecular complexity index is 780. The smallest absolute Gasteiger partial charge is 0.268 e. The van der Waals surface area contributed by atoms with Gasteiger partial charge in [0.2, 0.25) is 0 Å². The van der Waals surface area contributed by atoms with Gasteiger partial charge in [0, 0.05) is 15.9 Å². The van der Waals surface area contributed by atoms with Gasteiger partial charge in [-0.1, -0.05) is 48.0 Å². The van der Waals surface area contributed by atoms with Crippen LogP contribution in [0, 0.1) is 0 Å². The Morgan fingerprint density at radius 1 is 1.14 bits per heavy atom. The van der Waals surface area contributed by atoms with Gasteiger partial charge in [0.15, 0.2) is 0 Å². The molecule has 0 fully saturated rings. The highest BCUT2D eigenvalue weighted by atomic mass is 35.5. The van der Waals surface area contributed by atoms with E-state index in [1.54, 1.807) is 0 Å². The average molecular weight is 299 g/mol. The van der Waals surface area contributed by atoms with Crippen LogP contribution in [0.5, 0.6) is 0 Å². The third-order valence-electron chi connectivity index (χ3n) is 3.48. The average Bonchev–Trinajstić information content (AvgIpc) is 2.91. The van der Waals surface area contributed by atoms with Gasteiger partial charge < -0.3 is 10.3 Å². The molecule has 106 valence electrons. The monoisotopic (exact) mass is 298 g/mol. The van der Waals surface area contributed by atoms with Crippen LogP contribution in [-0.4, -0.2) is 10.9 Å². The van der Waals surface area contributed by atoms with E-state index in [0.717, 1.165) is 16.5 Å². The molecule has 21 heavy (non-hydrogen) atoms. The lowest BCUT2D eigenvalue weighted by atomic mass is 10.1. The number of amides is 1. The largest absolute Gasteiger partial charge is 0.350 e. The predicted octanol–water partition coefficient (Wildman–Crippen LogP) is 4.31. The number of rotatable bonds is 3. The predicted molar refractivity (Wildman–Crippen MR) is 85.6 cm³/mol. The molecular formula is C17H15ClN2O. The molecule has 1 atom stereocenters. The molecule has 4 heteroatoms. The number of carbonyl (C=O) groups is 1. The van der Waals surface area contributed by atoms with Gasteiger partial charge in [-0.25, -0.2) is 0 Å². The Morgan fingerprint density at radius 2 is 1.90 bits per heavy atom. The highest BCUT2D eigenvalue weighted by molar-refractivity contribution is 6.31. The highest BCUT2D eigenvalue weighted by Crippen LogP contribution is 2.20. The fourth-order valence-corrected chi connectivity index (χ4v) is 2.49. The second-order valence-corrected chi connectivity index (χ2v) is 5.46. The summed E-state index contributed by atoms with van der Waals surface area (Å²) in [4.78, 5) is 15.4. The Labute approximate surface area is 127 Å². The molecule has 0 radical (unpaired) electrons. The van der Waals surface area contributed by atoms with E-state index in [1.807, 2.05) is 61.5 Å². The normalized spacial score (nSPS) is 12.3. The van der Waals surface area contributed by atoms with E-state index in [2.05, 4.69) is 10.3 Å². The third-order valence-corrected chi connectivity index (χ3v) is 3.71. The van der Waals surface area contributed by atoms with Crippen molar-refractivity contribution in [1.82, 2.24) is 10.3 Å². The maximum Gasteiger partial charge on any atom is 0.268 e. The number of hydrogen-bond acceptors (Lipinski definition) is 1. The van der Waals surface area contributed by atoms with Gasteiger partial charge >= 0.3 is 0 Å². The molecule has 0 spiro atoms. The topological polar surface area (TPSA) is 44.9 Å². The number of H-pyrrole nitrogens is 1. The number of halogens is 1. The first-order valence-electron chi connectivity index (χ1n) is 6.77. The molecule has 0 bridgehead atoms. The minimum absolute atomic E-state index is 0.0475. The molecule has 0 saturated heterocycles. The Hall–Kier alpha value is -2.26. The van der Waals surface area contributed by atoms with Gasteiger partial charge in [-0.3, -0.25) is 4.79 Å². The zero-order valence-electron chi connectivity index (χ0n) is 11.6. The zero-order chi connectivity index (χ0) is 14.8. The van der Waals surface area contributed by atoms with Crippen LogP contribution in [0.3, 0.4) is 0 Å². The number of aromatic nitrogens is 1. The molecule has 0 aliphatic heterocycles. The Morgan fingerprint density at radius 3 is 2.67 bits per heavy atom. The Kier molecular flexibility index (Phi) is 3.67. The van der Waals surface area contributed by atoms with E-state index in [0.29, 0.717) is 10.7 Å². The molecule has 0 aliphatic rings. The van der Waals surface area contributed by atoms with E-state index in [1.165, 1.54) is 0 Å². The summed E-state index contributed by atoms with van der Waals surface area (Å²) >= 11 is 5.95. The second-order valence-electron chi connectivity index (χ2n) is 5.02. The van der Waals surface area contributed by atoms with Crippen molar-refractivity contribution in [2.45, 2.75) is 13.0 Å². The van der Waals surface area contributed by atoms with Gasteiger partial charge in [-0.05, 0) is 30.7 Å².